The van der Waals surface area contributed by atoms with Crippen LogP contribution in [0, 0.1) is 25.7 Å². The van der Waals surface area contributed by atoms with Gasteiger partial charge in [0.25, 0.3) is 0 Å². The van der Waals surface area contributed by atoms with Crippen molar-refractivity contribution in [2.45, 2.75) is 45.6 Å². The van der Waals surface area contributed by atoms with Gasteiger partial charge in [-0.3, -0.25) is 9.48 Å². The molecule has 3 atom stereocenters. The molecular formula is C16H23N3O3. The average Bonchev–Trinajstić information content (AvgIpc) is 3.07. The van der Waals surface area contributed by atoms with Crippen LogP contribution in [0.25, 0.3) is 0 Å². The Kier molecular flexibility index (Phi) is 3.70. The molecule has 6 heteroatoms. The standard InChI is InChI=1S/C16H23N3O3/c1-9-13(10(2)18(3)17-9)7-14(20)19-8-11-5-4-6-12(11)15(19)16(21)22/h11-12,15H,4-8H2,1-3H3,(H,21,22). The van der Waals surface area contributed by atoms with Crippen LogP contribution in [-0.2, 0) is 23.1 Å². The SMILES string of the molecule is Cc1nn(C)c(C)c1CC(=O)N1CC2CCCC2C1C(=O)O. The van der Waals surface area contributed by atoms with Gasteiger partial charge in [-0.25, -0.2) is 4.79 Å². The van der Waals surface area contributed by atoms with Gasteiger partial charge in [-0.2, -0.15) is 5.10 Å². The van der Waals surface area contributed by atoms with Gasteiger partial charge in [-0.15, -0.1) is 0 Å². The second kappa shape index (κ2) is 5.41. The van der Waals surface area contributed by atoms with Gasteiger partial charge in [-0.1, -0.05) is 6.42 Å². The van der Waals surface area contributed by atoms with E-state index in [0.29, 0.717) is 12.5 Å². The van der Waals surface area contributed by atoms with Gasteiger partial charge in [0, 0.05) is 24.8 Å². The normalized spacial score (nSPS) is 27.2. The van der Waals surface area contributed by atoms with Crippen molar-refractivity contribution in [3.63, 3.8) is 0 Å². The van der Waals surface area contributed by atoms with Crippen LogP contribution >= 0.6 is 0 Å². The molecular weight excluding hydrogens is 282 g/mol. The van der Waals surface area contributed by atoms with Crippen molar-refractivity contribution in [3.05, 3.63) is 17.0 Å². The highest BCUT2D eigenvalue weighted by atomic mass is 16.4. The number of aromatic nitrogens is 2. The number of fused-ring (bicyclic) bond motifs is 1. The third kappa shape index (κ3) is 2.30. The molecule has 2 heterocycles. The molecule has 2 aliphatic rings. The minimum Gasteiger partial charge on any atom is -0.480 e. The van der Waals surface area contributed by atoms with Gasteiger partial charge in [0.15, 0.2) is 0 Å². The molecule has 1 saturated carbocycles. The Balaban J connectivity index is 1.81. The maximum atomic E-state index is 12.7. The molecule has 1 aliphatic carbocycles. The van der Waals surface area contributed by atoms with E-state index in [2.05, 4.69) is 5.10 Å². The number of carboxylic acid groups (broad SMARTS) is 1. The molecule has 22 heavy (non-hydrogen) atoms. The van der Waals surface area contributed by atoms with E-state index in [1.807, 2.05) is 20.9 Å². The second-order valence-corrected chi connectivity index (χ2v) is 6.63. The van der Waals surface area contributed by atoms with Crippen molar-refractivity contribution >= 4 is 11.9 Å². The second-order valence-electron chi connectivity index (χ2n) is 6.63. The molecule has 0 radical (unpaired) electrons. The topological polar surface area (TPSA) is 75.4 Å². The molecule has 120 valence electrons. The lowest BCUT2D eigenvalue weighted by molar-refractivity contribution is -0.149. The predicted molar refractivity (Wildman–Crippen MR) is 80.4 cm³/mol. The molecule has 1 N–H and O–H groups in total. The quantitative estimate of drug-likeness (QED) is 0.913. The maximum absolute atomic E-state index is 12.7. The lowest BCUT2D eigenvalue weighted by atomic mass is 9.94. The highest BCUT2D eigenvalue weighted by molar-refractivity contribution is 5.86. The molecule has 1 aromatic rings. The van der Waals surface area contributed by atoms with Crippen LogP contribution in [0.5, 0.6) is 0 Å². The summed E-state index contributed by atoms with van der Waals surface area (Å²) in [5.41, 5.74) is 2.74. The average molecular weight is 305 g/mol. The molecule has 6 nitrogen and oxygen atoms in total. The lowest BCUT2D eigenvalue weighted by Gasteiger charge is -2.24. The summed E-state index contributed by atoms with van der Waals surface area (Å²) in [5.74, 6) is -0.443. The van der Waals surface area contributed by atoms with Crippen molar-refractivity contribution in [1.82, 2.24) is 14.7 Å². The number of hydrogen-bond donors (Lipinski definition) is 1. The zero-order valence-corrected chi connectivity index (χ0v) is 13.4. The minimum atomic E-state index is -0.859. The summed E-state index contributed by atoms with van der Waals surface area (Å²) in [6.07, 6.45) is 3.30. The number of carbonyl (C=O) groups is 2. The Morgan fingerprint density at radius 3 is 2.64 bits per heavy atom. The third-order valence-electron chi connectivity index (χ3n) is 5.45. The predicted octanol–water partition coefficient (Wildman–Crippen LogP) is 1.29. The number of carboxylic acids is 1. The van der Waals surface area contributed by atoms with Crippen LogP contribution in [0.4, 0.5) is 0 Å². The zero-order valence-electron chi connectivity index (χ0n) is 13.4. The number of rotatable bonds is 3. The number of aliphatic carboxylic acids is 1. The van der Waals surface area contributed by atoms with E-state index in [1.54, 1.807) is 9.58 Å². The molecule has 3 rings (SSSR count). The molecule has 3 unspecified atom stereocenters. The van der Waals surface area contributed by atoms with Gasteiger partial charge < -0.3 is 10.0 Å². The van der Waals surface area contributed by atoms with Gasteiger partial charge in [0.1, 0.15) is 6.04 Å². The van der Waals surface area contributed by atoms with Gasteiger partial charge in [0.2, 0.25) is 5.91 Å². The fourth-order valence-corrected chi connectivity index (χ4v) is 4.20. The summed E-state index contributed by atoms with van der Waals surface area (Å²) in [6, 6.07) is -0.641. The van der Waals surface area contributed by atoms with Crippen LogP contribution in [0.3, 0.4) is 0 Å². The third-order valence-corrected chi connectivity index (χ3v) is 5.45. The monoisotopic (exact) mass is 305 g/mol. The number of likely N-dealkylation sites (tertiary alicyclic amines) is 1. The lowest BCUT2D eigenvalue weighted by Crippen LogP contribution is -2.44. The van der Waals surface area contributed by atoms with Crippen LogP contribution in [0.2, 0.25) is 0 Å². The number of nitrogens with zero attached hydrogens (tertiary/aromatic N) is 3. The number of hydrogen-bond acceptors (Lipinski definition) is 3. The van der Waals surface area contributed by atoms with Gasteiger partial charge in [-0.05, 0) is 38.5 Å². The summed E-state index contributed by atoms with van der Waals surface area (Å²) >= 11 is 0. The summed E-state index contributed by atoms with van der Waals surface area (Å²) in [5, 5.41) is 13.9. The Labute approximate surface area is 130 Å². The van der Waals surface area contributed by atoms with E-state index in [9.17, 15) is 14.7 Å². The number of carbonyl (C=O) groups excluding carboxylic acids is 1. The van der Waals surface area contributed by atoms with Crippen LogP contribution in [0.1, 0.15) is 36.2 Å². The van der Waals surface area contributed by atoms with E-state index in [0.717, 1.165) is 36.2 Å². The summed E-state index contributed by atoms with van der Waals surface area (Å²) < 4.78 is 1.77. The Morgan fingerprint density at radius 1 is 1.32 bits per heavy atom. The first-order valence-electron chi connectivity index (χ1n) is 7.91. The molecule has 1 aliphatic heterocycles. The van der Waals surface area contributed by atoms with Crippen LogP contribution in [-0.4, -0.2) is 44.3 Å². The first kappa shape index (κ1) is 15.1. The molecule has 1 saturated heterocycles. The van der Waals surface area contributed by atoms with Crippen molar-refractivity contribution in [2.75, 3.05) is 6.54 Å². The first-order valence-corrected chi connectivity index (χ1v) is 7.91. The summed E-state index contributed by atoms with van der Waals surface area (Å²) in [6.45, 7) is 4.43. The van der Waals surface area contributed by atoms with E-state index < -0.39 is 12.0 Å². The molecule has 0 bridgehead atoms. The summed E-state index contributed by atoms with van der Waals surface area (Å²) in [4.78, 5) is 25.9. The van der Waals surface area contributed by atoms with Gasteiger partial charge in [0.05, 0.1) is 12.1 Å². The smallest absolute Gasteiger partial charge is 0.326 e. The van der Waals surface area contributed by atoms with Gasteiger partial charge >= 0.3 is 5.97 Å². The first-order chi connectivity index (χ1) is 10.4. The molecule has 0 spiro atoms. The highest BCUT2D eigenvalue weighted by Gasteiger charge is 2.49. The Bertz CT molecular complexity index is 622. The van der Waals surface area contributed by atoms with E-state index in [4.69, 9.17) is 0 Å². The number of amides is 1. The van der Waals surface area contributed by atoms with E-state index in [-0.39, 0.29) is 18.2 Å². The molecule has 2 fully saturated rings. The minimum absolute atomic E-state index is 0.0824. The van der Waals surface area contributed by atoms with Crippen molar-refractivity contribution in [3.8, 4) is 0 Å². The number of aryl methyl sites for hydroxylation is 2. The maximum Gasteiger partial charge on any atom is 0.326 e. The van der Waals surface area contributed by atoms with E-state index >= 15 is 0 Å². The van der Waals surface area contributed by atoms with Crippen molar-refractivity contribution in [1.29, 1.82) is 0 Å². The largest absolute Gasteiger partial charge is 0.480 e. The van der Waals surface area contributed by atoms with Crippen LogP contribution in [0.15, 0.2) is 0 Å². The Morgan fingerprint density at radius 2 is 2.05 bits per heavy atom. The molecule has 0 aromatic carbocycles. The molecule has 1 aromatic heterocycles. The summed E-state index contributed by atoms with van der Waals surface area (Å²) in [7, 11) is 1.86. The molecule has 1 amide bonds. The Hall–Kier alpha value is -1.85. The van der Waals surface area contributed by atoms with Crippen LogP contribution < -0.4 is 0 Å². The fourth-order valence-electron chi connectivity index (χ4n) is 4.20. The highest BCUT2D eigenvalue weighted by Crippen LogP contribution is 2.42. The fraction of sp³-hybridized carbons (Fsp3) is 0.688. The van der Waals surface area contributed by atoms with Crippen molar-refractivity contribution < 1.29 is 14.7 Å². The van der Waals surface area contributed by atoms with E-state index in [1.165, 1.54) is 0 Å². The zero-order chi connectivity index (χ0) is 16.0. The van der Waals surface area contributed by atoms with Crippen molar-refractivity contribution in [2.24, 2.45) is 18.9 Å².